The highest BCUT2D eigenvalue weighted by Crippen LogP contribution is 2.14. The smallest absolute Gasteiger partial charge is 0.326 e. The fraction of sp³-hybridized carbons (Fsp3) is 0.917. The van der Waals surface area contributed by atoms with Crippen LogP contribution in [0.1, 0.15) is 130 Å². The van der Waals surface area contributed by atoms with Gasteiger partial charge >= 0.3 is 5.97 Å². The second kappa shape index (κ2) is 19.3. The van der Waals surface area contributed by atoms with E-state index in [1.54, 1.807) is 0 Å². The van der Waals surface area contributed by atoms with Crippen LogP contribution in [-0.2, 0) is 9.59 Å². The second-order valence-electron chi connectivity index (χ2n) is 8.79. The predicted octanol–water partition coefficient (Wildman–Crippen LogP) is 6.86. The molecule has 4 nitrogen and oxygen atoms in total. The molecule has 0 saturated heterocycles. The molecule has 0 fully saturated rings. The number of amides is 1. The van der Waals surface area contributed by atoms with Crippen LogP contribution in [0.3, 0.4) is 0 Å². The molecule has 0 aromatic heterocycles. The van der Waals surface area contributed by atoms with Crippen molar-refractivity contribution in [3.8, 4) is 0 Å². The van der Waals surface area contributed by atoms with Gasteiger partial charge in [0.25, 0.3) is 0 Å². The SMILES string of the molecule is CCCCCCCCCCCCCCCCCC(=O)NC(CC(C)C)C(=O)O. The van der Waals surface area contributed by atoms with Crippen LogP contribution in [-0.4, -0.2) is 23.0 Å². The van der Waals surface area contributed by atoms with Crippen molar-refractivity contribution in [2.75, 3.05) is 0 Å². The maximum Gasteiger partial charge on any atom is 0.326 e. The van der Waals surface area contributed by atoms with Crippen LogP contribution in [0.15, 0.2) is 0 Å². The normalized spacial score (nSPS) is 12.3. The monoisotopic (exact) mass is 397 g/mol. The number of carbonyl (C=O) groups excluding carboxylic acids is 1. The lowest BCUT2D eigenvalue weighted by atomic mass is 10.0. The van der Waals surface area contributed by atoms with Crippen molar-refractivity contribution in [2.24, 2.45) is 5.92 Å². The molecule has 1 amide bonds. The minimum absolute atomic E-state index is 0.122. The summed E-state index contributed by atoms with van der Waals surface area (Å²) in [6, 6.07) is -0.746. The molecule has 2 N–H and O–H groups in total. The fourth-order valence-electron chi connectivity index (χ4n) is 3.62. The Hall–Kier alpha value is -1.06. The molecular weight excluding hydrogens is 350 g/mol. The van der Waals surface area contributed by atoms with Crippen LogP contribution < -0.4 is 5.32 Å². The molecule has 0 rings (SSSR count). The van der Waals surface area contributed by atoms with Gasteiger partial charge in [-0.2, -0.15) is 0 Å². The van der Waals surface area contributed by atoms with E-state index in [0.29, 0.717) is 12.8 Å². The topological polar surface area (TPSA) is 66.4 Å². The Morgan fingerprint density at radius 1 is 0.714 bits per heavy atom. The Balaban J connectivity index is 3.40. The number of rotatable bonds is 20. The lowest BCUT2D eigenvalue weighted by Gasteiger charge is -2.16. The Kier molecular flexibility index (Phi) is 18.5. The molecule has 0 aliphatic rings. The number of unbranched alkanes of at least 4 members (excludes halogenated alkanes) is 14. The van der Waals surface area contributed by atoms with Gasteiger partial charge in [0.1, 0.15) is 6.04 Å². The van der Waals surface area contributed by atoms with Crippen LogP contribution in [0, 0.1) is 5.92 Å². The van der Waals surface area contributed by atoms with Gasteiger partial charge < -0.3 is 10.4 Å². The number of hydrogen-bond donors (Lipinski definition) is 2. The van der Waals surface area contributed by atoms with Crippen LogP contribution in [0.25, 0.3) is 0 Å². The molecule has 1 unspecified atom stereocenters. The van der Waals surface area contributed by atoms with Crippen LogP contribution in [0.5, 0.6) is 0 Å². The first-order valence-corrected chi connectivity index (χ1v) is 12.0. The van der Waals surface area contributed by atoms with Crippen molar-refractivity contribution in [2.45, 2.75) is 136 Å². The molecule has 1 atom stereocenters. The molecule has 0 saturated carbocycles. The Bertz CT molecular complexity index is 382. The summed E-state index contributed by atoms with van der Waals surface area (Å²) < 4.78 is 0. The van der Waals surface area contributed by atoms with E-state index in [9.17, 15) is 9.59 Å². The van der Waals surface area contributed by atoms with Gasteiger partial charge in [0.05, 0.1) is 0 Å². The van der Waals surface area contributed by atoms with Gasteiger partial charge in [0.15, 0.2) is 0 Å². The number of carboxylic acids is 1. The zero-order valence-electron chi connectivity index (χ0n) is 18.9. The molecule has 0 aliphatic heterocycles. The molecule has 28 heavy (non-hydrogen) atoms. The van der Waals surface area contributed by atoms with Gasteiger partial charge in [0, 0.05) is 6.42 Å². The highest BCUT2D eigenvalue weighted by Gasteiger charge is 2.20. The molecule has 0 spiro atoms. The van der Waals surface area contributed by atoms with Gasteiger partial charge in [-0.05, 0) is 18.8 Å². The van der Waals surface area contributed by atoms with Gasteiger partial charge in [0.2, 0.25) is 5.91 Å². The molecule has 0 aromatic carbocycles. The first-order chi connectivity index (χ1) is 13.5. The first kappa shape index (κ1) is 26.9. The summed E-state index contributed by atoms with van der Waals surface area (Å²) >= 11 is 0. The van der Waals surface area contributed by atoms with E-state index in [1.165, 1.54) is 83.5 Å². The van der Waals surface area contributed by atoms with Crippen LogP contribution in [0.4, 0.5) is 0 Å². The van der Waals surface area contributed by atoms with Crippen molar-refractivity contribution in [3.63, 3.8) is 0 Å². The van der Waals surface area contributed by atoms with Gasteiger partial charge in [-0.1, -0.05) is 111 Å². The Morgan fingerprint density at radius 2 is 1.11 bits per heavy atom. The lowest BCUT2D eigenvalue weighted by Crippen LogP contribution is -2.41. The third kappa shape index (κ3) is 18.3. The molecule has 0 heterocycles. The Labute approximate surface area is 174 Å². The lowest BCUT2D eigenvalue weighted by molar-refractivity contribution is -0.142. The van der Waals surface area contributed by atoms with E-state index < -0.39 is 12.0 Å². The third-order valence-corrected chi connectivity index (χ3v) is 5.35. The maximum atomic E-state index is 11.9. The summed E-state index contributed by atoms with van der Waals surface area (Å²) in [7, 11) is 0. The van der Waals surface area contributed by atoms with E-state index in [-0.39, 0.29) is 11.8 Å². The van der Waals surface area contributed by atoms with Crippen molar-refractivity contribution in [1.82, 2.24) is 5.32 Å². The maximum absolute atomic E-state index is 11.9. The summed E-state index contributed by atoms with van der Waals surface area (Å²) in [4.78, 5) is 23.1. The highest BCUT2D eigenvalue weighted by molar-refractivity contribution is 5.83. The summed E-state index contributed by atoms with van der Waals surface area (Å²) in [6.45, 7) is 6.20. The minimum atomic E-state index is -0.932. The molecule has 0 bridgehead atoms. The zero-order chi connectivity index (χ0) is 21.0. The van der Waals surface area contributed by atoms with E-state index in [1.807, 2.05) is 13.8 Å². The van der Waals surface area contributed by atoms with Crippen molar-refractivity contribution in [3.05, 3.63) is 0 Å². The minimum Gasteiger partial charge on any atom is -0.480 e. The van der Waals surface area contributed by atoms with Gasteiger partial charge in [-0.15, -0.1) is 0 Å². The van der Waals surface area contributed by atoms with Crippen LogP contribution in [0.2, 0.25) is 0 Å². The number of carboxylic acid groups (broad SMARTS) is 1. The predicted molar refractivity (Wildman–Crippen MR) is 119 cm³/mol. The standard InChI is InChI=1S/C24H47NO3/c1-4-5-6-7-8-9-10-11-12-13-14-15-16-17-18-19-23(26)25-22(24(27)28)20-21(2)3/h21-22H,4-20H2,1-3H3,(H,25,26)(H,27,28). The average molecular weight is 398 g/mol. The summed E-state index contributed by atoms with van der Waals surface area (Å²) in [6.07, 6.45) is 20.5. The number of aliphatic carboxylic acids is 1. The number of hydrogen-bond acceptors (Lipinski definition) is 2. The third-order valence-electron chi connectivity index (χ3n) is 5.35. The van der Waals surface area contributed by atoms with Gasteiger partial charge in [-0.25, -0.2) is 4.79 Å². The second-order valence-corrected chi connectivity index (χ2v) is 8.79. The molecular formula is C24H47NO3. The van der Waals surface area contributed by atoms with Crippen LogP contribution >= 0.6 is 0 Å². The molecule has 0 aliphatic carbocycles. The molecule has 0 aromatic rings. The summed E-state index contributed by atoms with van der Waals surface area (Å²) in [5.41, 5.74) is 0. The van der Waals surface area contributed by atoms with E-state index in [2.05, 4.69) is 12.2 Å². The average Bonchev–Trinajstić information content (AvgIpc) is 2.64. The number of nitrogens with one attached hydrogen (secondary N) is 1. The van der Waals surface area contributed by atoms with E-state index in [0.717, 1.165) is 12.8 Å². The fourth-order valence-corrected chi connectivity index (χ4v) is 3.62. The number of carbonyl (C=O) groups is 2. The summed E-state index contributed by atoms with van der Waals surface area (Å²) in [5, 5.41) is 11.8. The highest BCUT2D eigenvalue weighted by atomic mass is 16.4. The van der Waals surface area contributed by atoms with Crippen molar-refractivity contribution < 1.29 is 14.7 Å². The molecule has 4 heteroatoms. The Morgan fingerprint density at radius 3 is 1.46 bits per heavy atom. The van der Waals surface area contributed by atoms with E-state index >= 15 is 0 Å². The summed E-state index contributed by atoms with van der Waals surface area (Å²) in [5.74, 6) is -0.798. The van der Waals surface area contributed by atoms with Crippen molar-refractivity contribution in [1.29, 1.82) is 0 Å². The molecule has 0 radical (unpaired) electrons. The van der Waals surface area contributed by atoms with Gasteiger partial charge in [-0.3, -0.25) is 4.79 Å². The first-order valence-electron chi connectivity index (χ1n) is 12.0. The van der Waals surface area contributed by atoms with E-state index in [4.69, 9.17) is 5.11 Å². The largest absolute Gasteiger partial charge is 0.480 e. The van der Waals surface area contributed by atoms with Crippen molar-refractivity contribution >= 4 is 11.9 Å². The molecule has 166 valence electrons. The quantitative estimate of drug-likeness (QED) is 0.220. The zero-order valence-corrected chi connectivity index (χ0v) is 18.9.